The minimum atomic E-state index is -4.31. The molecule has 2 heterocycles. The Morgan fingerprint density at radius 3 is 1.50 bits per heavy atom. The standard InChI is InChI=1S/C30H24NO4PS2/c1-2-31(32)36(33,34-25-19-21-11-3-7-15-27(21)37-29-17-9-5-13-23(25)29)35-26-20-22-12-4-8-16-28(22)38-30-18-10-6-14-24(26)30/h3-20,31H,2H2,1H3. The SMILES string of the molecule is CC[NH+]([O-])P(=O)(OC1=Cc2ccccc2Sc2ccccc21)OC1=Cc2ccccc2Sc2ccccc21. The molecule has 1 N–H and O–H groups in total. The van der Waals surface area contributed by atoms with Crippen molar-refractivity contribution >= 4 is 54.9 Å². The third-order valence-corrected chi connectivity index (χ3v) is 10.3. The summed E-state index contributed by atoms with van der Waals surface area (Å²) in [7, 11) is -4.31. The van der Waals surface area contributed by atoms with Gasteiger partial charge in [0.15, 0.2) is 0 Å². The van der Waals surface area contributed by atoms with Gasteiger partial charge in [-0.25, -0.2) is 0 Å². The van der Waals surface area contributed by atoms with Crippen molar-refractivity contribution in [1.29, 1.82) is 0 Å². The summed E-state index contributed by atoms with van der Waals surface area (Å²) in [6, 6.07) is 31.4. The summed E-state index contributed by atoms with van der Waals surface area (Å²) in [4.78, 5) is 3.41. The molecule has 1 atom stereocenters. The highest BCUT2D eigenvalue weighted by molar-refractivity contribution is 7.99. The van der Waals surface area contributed by atoms with Gasteiger partial charge < -0.3 is 14.3 Å². The molecular weight excluding hydrogens is 533 g/mol. The van der Waals surface area contributed by atoms with Crippen molar-refractivity contribution in [2.45, 2.75) is 26.5 Å². The van der Waals surface area contributed by atoms with Gasteiger partial charge in [0.2, 0.25) is 0 Å². The lowest BCUT2D eigenvalue weighted by Gasteiger charge is -2.29. The largest absolute Gasteiger partial charge is 0.642 e. The Balaban J connectivity index is 1.46. The Bertz CT molecular complexity index is 1520. The molecule has 8 heteroatoms. The van der Waals surface area contributed by atoms with Crippen LogP contribution in [0.1, 0.15) is 29.2 Å². The summed E-state index contributed by atoms with van der Waals surface area (Å²) >= 11 is 3.21. The second-order valence-electron chi connectivity index (χ2n) is 8.72. The van der Waals surface area contributed by atoms with Gasteiger partial charge in [-0.1, -0.05) is 96.3 Å². The van der Waals surface area contributed by atoms with E-state index in [4.69, 9.17) is 9.05 Å². The first-order chi connectivity index (χ1) is 18.5. The van der Waals surface area contributed by atoms with Crippen LogP contribution in [-0.4, -0.2) is 6.54 Å². The van der Waals surface area contributed by atoms with Gasteiger partial charge in [0.25, 0.3) is 0 Å². The van der Waals surface area contributed by atoms with Gasteiger partial charge in [-0.05, 0) is 54.5 Å². The van der Waals surface area contributed by atoms with Crippen LogP contribution in [0.3, 0.4) is 0 Å². The van der Waals surface area contributed by atoms with Crippen molar-refractivity contribution in [2.75, 3.05) is 6.54 Å². The maximum atomic E-state index is 14.5. The number of hydroxylamine groups is 1. The quantitative estimate of drug-likeness (QED) is 0.192. The molecule has 0 aliphatic carbocycles. The van der Waals surface area contributed by atoms with Crippen LogP contribution in [0.2, 0.25) is 0 Å². The third kappa shape index (κ3) is 4.84. The van der Waals surface area contributed by atoms with Crippen molar-refractivity contribution < 1.29 is 18.4 Å². The topological polar surface area (TPSA) is 63.0 Å². The fraction of sp³-hybridized carbons (Fsp3) is 0.0667. The highest BCUT2D eigenvalue weighted by atomic mass is 32.2. The molecule has 38 heavy (non-hydrogen) atoms. The molecule has 0 fully saturated rings. The maximum absolute atomic E-state index is 14.5. The van der Waals surface area contributed by atoms with E-state index in [0.717, 1.165) is 41.8 Å². The van der Waals surface area contributed by atoms with Gasteiger partial charge in [0.1, 0.15) is 11.5 Å². The van der Waals surface area contributed by atoms with E-state index in [9.17, 15) is 9.77 Å². The Labute approximate surface area is 230 Å². The second kappa shape index (κ2) is 10.5. The van der Waals surface area contributed by atoms with Crippen LogP contribution >= 0.6 is 31.3 Å². The number of nitrogens with one attached hydrogen (secondary N) is 1. The van der Waals surface area contributed by atoms with Crippen LogP contribution in [0.4, 0.5) is 0 Å². The zero-order valence-electron chi connectivity index (χ0n) is 20.5. The highest BCUT2D eigenvalue weighted by Crippen LogP contribution is 2.53. The molecule has 0 bridgehead atoms. The summed E-state index contributed by atoms with van der Waals surface area (Å²) in [5.41, 5.74) is 3.36. The molecule has 5 nitrogen and oxygen atoms in total. The van der Waals surface area contributed by atoms with Gasteiger partial charge >= 0.3 is 7.75 Å². The number of rotatable bonds is 6. The highest BCUT2D eigenvalue weighted by Gasteiger charge is 2.41. The van der Waals surface area contributed by atoms with Crippen LogP contribution in [0.5, 0.6) is 0 Å². The monoisotopic (exact) mass is 557 g/mol. The first-order valence-corrected chi connectivity index (χ1v) is 15.4. The summed E-state index contributed by atoms with van der Waals surface area (Å²) in [5, 5.41) is 13.3. The van der Waals surface area contributed by atoms with Crippen LogP contribution in [-0.2, 0) is 13.6 Å². The Kier molecular flexibility index (Phi) is 6.95. The smallest absolute Gasteiger partial charge is 0.626 e. The molecule has 0 aromatic heterocycles. The molecule has 6 rings (SSSR count). The molecule has 2 aliphatic heterocycles. The van der Waals surface area contributed by atoms with E-state index in [0.29, 0.717) is 11.5 Å². The molecule has 0 saturated heterocycles. The Hall–Kier alpha value is -3.19. The predicted octanol–water partition coefficient (Wildman–Crippen LogP) is 7.86. The fourth-order valence-corrected chi connectivity index (χ4v) is 7.86. The fourth-order valence-electron chi connectivity index (χ4n) is 4.30. The van der Waals surface area contributed by atoms with Crippen LogP contribution < -0.4 is 4.83 Å². The summed E-state index contributed by atoms with van der Waals surface area (Å²) in [5.74, 6) is 0.695. The van der Waals surface area contributed by atoms with Crippen LogP contribution in [0, 0.1) is 5.21 Å². The number of quaternary nitrogens is 1. The molecule has 0 spiro atoms. The van der Waals surface area contributed by atoms with Crippen molar-refractivity contribution in [3.05, 3.63) is 125 Å². The van der Waals surface area contributed by atoms with Gasteiger partial charge in [-0.2, -0.15) is 4.57 Å². The van der Waals surface area contributed by atoms with Crippen molar-refractivity contribution in [1.82, 2.24) is 0 Å². The normalized spacial score (nSPS) is 14.8. The van der Waals surface area contributed by atoms with E-state index in [2.05, 4.69) is 0 Å². The van der Waals surface area contributed by atoms with Crippen molar-refractivity contribution in [3.8, 4) is 0 Å². The molecule has 1 unspecified atom stereocenters. The average molecular weight is 558 g/mol. The van der Waals surface area contributed by atoms with Gasteiger partial charge in [0.05, 0.1) is 6.54 Å². The van der Waals surface area contributed by atoms with Crippen molar-refractivity contribution in [2.24, 2.45) is 0 Å². The van der Waals surface area contributed by atoms with Gasteiger partial charge in [0, 0.05) is 30.7 Å². The third-order valence-electron chi connectivity index (χ3n) is 6.20. The van der Waals surface area contributed by atoms with E-state index in [1.54, 1.807) is 30.4 Å². The Morgan fingerprint density at radius 1 is 0.658 bits per heavy atom. The first-order valence-electron chi connectivity index (χ1n) is 12.2. The summed E-state index contributed by atoms with van der Waals surface area (Å²) in [6.07, 6.45) is 3.68. The van der Waals surface area contributed by atoms with E-state index < -0.39 is 12.6 Å². The first kappa shape index (κ1) is 25.1. The molecular formula is C30H24NO4PS2. The molecule has 0 saturated carbocycles. The predicted molar refractivity (Wildman–Crippen MR) is 154 cm³/mol. The molecule has 0 amide bonds. The minimum Gasteiger partial charge on any atom is -0.626 e. The number of fused-ring (bicyclic) bond motifs is 4. The number of benzene rings is 4. The maximum Gasteiger partial charge on any atom is 0.642 e. The van der Waals surface area contributed by atoms with Crippen LogP contribution in [0.15, 0.2) is 117 Å². The van der Waals surface area contributed by atoms with Crippen LogP contribution in [0.25, 0.3) is 23.7 Å². The minimum absolute atomic E-state index is 0.0117. The Morgan fingerprint density at radius 2 is 1.05 bits per heavy atom. The van der Waals surface area contributed by atoms with E-state index in [-0.39, 0.29) is 6.54 Å². The van der Waals surface area contributed by atoms with E-state index >= 15 is 0 Å². The molecule has 4 aromatic carbocycles. The molecule has 4 aromatic rings. The van der Waals surface area contributed by atoms with E-state index in [1.165, 1.54) is 0 Å². The zero-order chi connectivity index (χ0) is 26.1. The lowest BCUT2D eigenvalue weighted by atomic mass is 10.1. The molecule has 0 radical (unpaired) electrons. The van der Waals surface area contributed by atoms with Crippen molar-refractivity contribution in [3.63, 3.8) is 0 Å². The number of hydrogen-bond donors (Lipinski definition) is 1. The summed E-state index contributed by atoms with van der Waals surface area (Å²) < 4.78 is 26.9. The van der Waals surface area contributed by atoms with Gasteiger partial charge in [-0.3, -0.25) is 4.83 Å². The lowest BCUT2D eigenvalue weighted by molar-refractivity contribution is -0.725. The summed E-state index contributed by atoms with van der Waals surface area (Å²) in [6.45, 7) is 1.68. The lowest BCUT2D eigenvalue weighted by Crippen LogP contribution is -3.02. The van der Waals surface area contributed by atoms with Gasteiger partial charge in [-0.15, -0.1) is 0 Å². The van der Waals surface area contributed by atoms with E-state index in [1.807, 2.05) is 109 Å². The zero-order valence-corrected chi connectivity index (χ0v) is 23.0. The molecule has 190 valence electrons. The molecule has 2 aliphatic rings. The average Bonchev–Trinajstić information content (AvgIpc) is 3.20. The number of hydrogen-bond acceptors (Lipinski definition) is 6. The second-order valence-corrected chi connectivity index (χ2v) is 12.7.